The van der Waals surface area contributed by atoms with Crippen LogP contribution >= 0.6 is 0 Å². The van der Waals surface area contributed by atoms with Crippen LogP contribution < -0.4 is 0 Å². The molecule has 1 fully saturated rings. The molecule has 2 aromatic carbocycles. The highest BCUT2D eigenvalue weighted by molar-refractivity contribution is 6.00. The molecule has 3 rings (SSSR count). The van der Waals surface area contributed by atoms with Crippen molar-refractivity contribution in [2.45, 2.75) is 51.2 Å². The van der Waals surface area contributed by atoms with Crippen LogP contribution in [-0.2, 0) is 31.9 Å². The van der Waals surface area contributed by atoms with E-state index in [0.29, 0.717) is 6.42 Å². The van der Waals surface area contributed by atoms with Gasteiger partial charge in [-0.25, -0.2) is 0 Å². The summed E-state index contributed by atoms with van der Waals surface area (Å²) in [5, 5.41) is 0. The molecule has 0 radical (unpaired) electrons. The van der Waals surface area contributed by atoms with Crippen LogP contribution in [0.3, 0.4) is 0 Å². The van der Waals surface area contributed by atoms with Crippen molar-refractivity contribution in [2.75, 3.05) is 6.61 Å². The topological polar surface area (TPSA) is 52.6 Å². The molecule has 1 aliphatic heterocycles. The Balaban J connectivity index is 1.66. The number of hydrogen-bond donors (Lipinski definition) is 0. The van der Waals surface area contributed by atoms with Gasteiger partial charge in [-0.2, -0.15) is 0 Å². The number of carbonyl (C=O) groups excluding carboxylic acids is 2. The number of rotatable bonds is 8. The summed E-state index contributed by atoms with van der Waals surface area (Å²) in [7, 11) is 0. The van der Waals surface area contributed by atoms with Gasteiger partial charge in [-0.05, 0) is 43.7 Å². The third kappa shape index (κ3) is 5.52. The maximum absolute atomic E-state index is 12.8. The molecule has 28 heavy (non-hydrogen) atoms. The van der Waals surface area contributed by atoms with Crippen LogP contribution in [0.1, 0.15) is 37.3 Å². The third-order valence-corrected chi connectivity index (χ3v) is 5.21. The Kier molecular flexibility index (Phi) is 7.38. The predicted octanol–water partition coefficient (Wildman–Crippen LogP) is 4.16. The molecule has 0 saturated carbocycles. The van der Waals surface area contributed by atoms with E-state index in [0.717, 1.165) is 19.3 Å². The van der Waals surface area contributed by atoms with E-state index in [1.807, 2.05) is 36.4 Å². The highest BCUT2D eigenvalue weighted by Gasteiger charge is 2.42. The van der Waals surface area contributed by atoms with Gasteiger partial charge in [0.1, 0.15) is 5.92 Å². The number of ether oxygens (including phenoxy) is 2. The van der Waals surface area contributed by atoms with Gasteiger partial charge in [0.2, 0.25) is 0 Å². The lowest BCUT2D eigenvalue weighted by molar-refractivity contribution is -0.169. The Labute approximate surface area is 166 Å². The van der Waals surface area contributed by atoms with E-state index in [4.69, 9.17) is 9.47 Å². The standard InChI is InChI=1S/C24H28O4/c1-2-27-24(26)23-21(25)17-20(15-13-18-9-5-3-6-10-18)28-22(23)16-14-19-11-7-4-8-12-19/h3-12,20,22-23H,2,13-17H2,1H3/t20-,22+,23?/m1/s1. The number of aryl methyl sites for hydroxylation is 2. The van der Waals surface area contributed by atoms with Crippen molar-refractivity contribution in [3.63, 3.8) is 0 Å². The first kappa shape index (κ1) is 20.3. The Morgan fingerprint density at radius 2 is 1.54 bits per heavy atom. The largest absolute Gasteiger partial charge is 0.465 e. The van der Waals surface area contributed by atoms with Crippen LogP contribution in [0.2, 0.25) is 0 Å². The quantitative estimate of drug-likeness (QED) is 0.510. The average molecular weight is 380 g/mol. The Hall–Kier alpha value is -2.46. The highest BCUT2D eigenvalue weighted by atomic mass is 16.5. The van der Waals surface area contributed by atoms with Crippen LogP contribution in [-0.4, -0.2) is 30.6 Å². The van der Waals surface area contributed by atoms with Crippen molar-refractivity contribution >= 4 is 11.8 Å². The second kappa shape index (κ2) is 10.2. The van der Waals surface area contributed by atoms with Gasteiger partial charge >= 0.3 is 5.97 Å². The molecule has 0 N–H and O–H groups in total. The summed E-state index contributed by atoms with van der Waals surface area (Å²) in [4.78, 5) is 25.2. The average Bonchev–Trinajstić information content (AvgIpc) is 2.72. The normalized spacial score (nSPS) is 22.0. The zero-order valence-electron chi connectivity index (χ0n) is 16.4. The Morgan fingerprint density at radius 1 is 0.964 bits per heavy atom. The lowest BCUT2D eigenvalue weighted by atomic mass is 9.86. The molecule has 4 nitrogen and oxygen atoms in total. The minimum absolute atomic E-state index is 0.0548. The minimum atomic E-state index is -0.809. The van der Waals surface area contributed by atoms with E-state index in [1.54, 1.807) is 6.92 Å². The maximum atomic E-state index is 12.8. The molecule has 4 heteroatoms. The zero-order chi connectivity index (χ0) is 19.8. The molecule has 2 aromatic rings. The number of Topliss-reactive ketones (excluding diaryl/α,β-unsaturated/α-hetero) is 1. The molecule has 148 valence electrons. The fraction of sp³-hybridized carbons (Fsp3) is 0.417. The molecule has 1 aliphatic rings. The lowest BCUT2D eigenvalue weighted by Crippen LogP contribution is -2.46. The van der Waals surface area contributed by atoms with E-state index in [-0.39, 0.29) is 24.9 Å². The molecular formula is C24H28O4. The number of esters is 1. The second-order valence-electron chi connectivity index (χ2n) is 7.25. The van der Waals surface area contributed by atoms with Crippen LogP contribution in [0.4, 0.5) is 0 Å². The first-order valence-corrected chi connectivity index (χ1v) is 10.1. The zero-order valence-corrected chi connectivity index (χ0v) is 16.4. The fourth-order valence-electron chi connectivity index (χ4n) is 3.78. The van der Waals surface area contributed by atoms with Crippen molar-refractivity contribution in [3.8, 4) is 0 Å². The van der Waals surface area contributed by atoms with Crippen molar-refractivity contribution in [1.82, 2.24) is 0 Å². The van der Waals surface area contributed by atoms with Crippen molar-refractivity contribution in [1.29, 1.82) is 0 Å². The van der Waals surface area contributed by atoms with Gasteiger partial charge in [0.15, 0.2) is 5.78 Å². The van der Waals surface area contributed by atoms with Gasteiger partial charge < -0.3 is 9.47 Å². The minimum Gasteiger partial charge on any atom is -0.465 e. The van der Waals surface area contributed by atoms with Gasteiger partial charge in [0.05, 0.1) is 18.8 Å². The first-order chi connectivity index (χ1) is 13.7. The predicted molar refractivity (Wildman–Crippen MR) is 108 cm³/mol. The molecular weight excluding hydrogens is 352 g/mol. The van der Waals surface area contributed by atoms with Crippen LogP contribution in [0.15, 0.2) is 60.7 Å². The highest BCUT2D eigenvalue weighted by Crippen LogP contribution is 2.29. The maximum Gasteiger partial charge on any atom is 0.319 e. The summed E-state index contributed by atoms with van der Waals surface area (Å²) in [6, 6.07) is 20.3. The Morgan fingerprint density at radius 3 is 2.11 bits per heavy atom. The van der Waals surface area contributed by atoms with Gasteiger partial charge in [0.25, 0.3) is 0 Å². The van der Waals surface area contributed by atoms with Crippen LogP contribution in [0, 0.1) is 5.92 Å². The van der Waals surface area contributed by atoms with Crippen molar-refractivity contribution in [2.24, 2.45) is 5.92 Å². The number of benzene rings is 2. The summed E-state index contributed by atoms with van der Waals surface area (Å²) in [6.07, 6.45) is 2.71. The smallest absolute Gasteiger partial charge is 0.319 e. The SMILES string of the molecule is CCOC(=O)C1C(=O)C[C@@H](CCc2ccccc2)O[C@H]1CCc1ccccc1. The van der Waals surface area contributed by atoms with Gasteiger partial charge in [-0.1, -0.05) is 60.7 Å². The number of hydrogen-bond acceptors (Lipinski definition) is 4. The molecule has 0 spiro atoms. The Bertz CT molecular complexity index is 757. The summed E-state index contributed by atoms with van der Waals surface area (Å²) in [5.41, 5.74) is 2.40. The molecule has 1 unspecified atom stereocenters. The molecule has 0 aromatic heterocycles. The molecule has 1 heterocycles. The lowest BCUT2D eigenvalue weighted by Gasteiger charge is -2.34. The van der Waals surface area contributed by atoms with Crippen LogP contribution in [0.25, 0.3) is 0 Å². The number of ketones is 1. The summed E-state index contributed by atoms with van der Waals surface area (Å²) < 4.78 is 11.4. The third-order valence-electron chi connectivity index (χ3n) is 5.21. The second-order valence-corrected chi connectivity index (χ2v) is 7.25. The van der Waals surface area contributed by atoms with Gasteiger partial charge in [0, 0.05) is 6.42 Å². The molecule has 3 atom stereocenters. The first-order valence-electron chi connectivity index (χ1n) is 10.1. The van der Waals surface area contributed by atoms with E-state index >= 15 is 0 Å². The van der Waals surface area contributed by atoms with E-state index in [1.165, 1.54) is 11.1 Å². The summed E-state index contributed by atoms with van der Waals surface area (Å²) in [6.45, 7) is 2.03. The van der Waals surface area contributed by atoms with E-state index in [9.17, 15) is 9.59 Å². The van der Waals surface area contributed by atoms with Gasteiger partial charge in [-0.3, -0.25) is 9.59 Å². The molecule has 0 bridgehead atoms. The molecule has 0 amide bonds. The van der Waals surface area contributed by atoms with Crippen molar-refractivity contribution < 1.29 is 19.1 Å². The van der Waals surface area contributed by atoms with Crippen molar-refractivity contribution in [3.05, 3.63) is 71.8 Å². The molecule has 1 saturated heterocycles. The van der Waals surface area contributed by atoms with E-state index in [2.05, 4.69) is 24.3 Å². The molecule has 0 aliphatic carbocycles. The summed E-state index contributed by atoms with van der Waals surface area (Å²) >= 11 is 0. The van der Waals surface area contributed by atoms with E-state index < -0.39 is 18.0 Å². The monoisotopic (exact) mass is 380 g/mol. The van der Waals surface area contributed by atoms with Crippen LogP contribution in [0.5, 0.6) is 0 Å². The summed E-state index contributed by atoms with van der Waals surface area (Å²) in [5.74, 6) is -1.32. The van der Waals surface area contributed by atoms with Gasteiger partial charge in [-0.15, -0.1) is 0 Å². The fourth-order valence-corrected chi connectivity index (χ4v) is 3.78. The number of carbonyl (C=O) groups is 2.